The summed E-state index contributed by atoms with van der Waals surface area (Å²) in [5, 5.41) is 3.50. The molecule has 0 rings (SSSR count). The van der Waals surface area contributed by atoms with Crippen LogP contribution < -0.4 is 11.1 Å². The van der Waals surface area contributed by atoms with Crippen LogP contribution in [0.25, 0.3) is 0 Å². The van der Waals surface area contributed by atoms with Gasteiger partial charge >= 0.3 is 0 Å². The van der Waals surface area contributed by atoms with Crippen LogP contribution >= 0.6 is 12.2 Å². The summed E-state index contributed by atoms with van der Waals surface area (Å²) in [6.45, 7) is 7.19. The van der Waals surface area contributed by atoms with Crippen molar-refractivity contribution in [2.75, 3.05) is 13.7 Å². The first-order chi connectivity index (χ1) is 6.44. The minimum Gasteiger partial charge on any atom is -0.385 e. The topological polar surface area (TPSA) is 47.3 Å². The van der Waals surface area contributed by atoms with Crippen LogP contribution in [0.4, 0.5) is 0 Å². The fourth-order valence-electron chi connectivity index (χ4n) is 1.75. The van der Waals surface area contributed by atoms with Crippen LogP contribution in [0, 0.1) is 5.92 Å². The first-order valence-electron chi connectivity index (χ1n) is 5.00. The third-order valence-corrected chi connectivity index (χ3v) is 2.73. The predicted octanol–water partition coefficient (Wildman–Crippen LogP) is 1.66. The average Bonchev–Trinajstić information content (AvgIpc) is 2.02. The highest BCUT2D eigenvalue weighted by molar-refractivity contribution is 7.80. The van der Waals surface area contributed by atoms with Gasteiger partial charge in [0, 0.05) is 19.3 Å². The van der Waals surface area contributed by atoms with E-state index in [0.29, 0.717) is 11.0 Å². The zero-order chi connectivity index (χ0) is 11.2. The molecule has 0 spiro atoms. The van der Waals surface area contributed by atoms with E-state index in [1.165, 1.54) is 0 Å². The van der Waals surface area contributed by atoms with E-state index >= 15 is 0 Å². The summed E-state index contributed by atoms with van der Waals surface area (Å²) in [5.74, 6) is 0.518. The van der Waals surface area contributed by atoms with Gasteiger partial charge in [0.25, 0.3) is 0 Å². The Morgan fingerprint density at radius 1 is 1.57 bits per heavy atom. The largest absolute Gasteiger partial charge is 0.385 e. The van der Waals surface area contributed by atoms with Gasteiger partial charge in [-0.05, 0) is 38.4 Å². The molecule has 1 atom stereocenters. The number of thiocarbonyl (C=S) groups is 1. The maximum atomic E-state index is 5.49. The van der Waals surface area contributed by atoms with Crippen molar-refractivity contribution in [3.63, 3.8) is 0 Å². The quantitative estimate of drug-likeness (QED) is 0.666. The lowest BCUT2D eigenvalue weighted by molar-refractivity contribution is 0.150. The van der Waals surface area contributed by atoms with Crippen LogP contribution in [0.1, 0.15) is 33.6 Å². The van der Waals surface area contributed by atoms with Crippen molar-refractivity contribution in [3.05, 3.63) is 0 Å². The lowest BCUT2D eigenvalue weighted by Gasteiger charge is -2.35. The smallest absolute Gasteiger partial charge is 0.164 e. The molecule has 0 aliphatic heterocycles. The molecule has 0 bridgehead atoms. The Hall–Kier alpha value is -0.350. The van der Waals surface area contributed by atoms with E-state index in [9.17, 15) is 0 Å². The molecule has 0 fully saturated rings. The Balaban J connectivity index is 4.24. The molecule has 14 heavy (non-hydrogen) atoms. The third-order valence-electron chi connectivity index (χ3n) is 2.63. The molecule has 3 N–H and O–H groups in total. The zero-order valence-corrected chi connectivity index (χ0v) is 10.4. The molecule has 0 saturated heterocycles. The van der Waals surface area contributed by atoms with E-state index < -0.39 is 0 Å². The molecule has 0 aromatic rings. The Bertz CT molecular complexity index is 183. The predicted molar refractivity (Wildman–Crippen MR) is 64.3 cm³/mol. The minimum absolute atomic E-state index is 0.0564. The third kappa shape index (κ3) is 4.77. The van der Waals surface area contributed by atoms with Crippen LogP contribution in [0.3, 0.4) is 0 Å². The molecule has 0 saturated carbocycles. The average molecular weight is 218 g/mol. The lowest BCUT2D eigenvalue weighted by atomic mass is 9.83. The van der Waals surface area contributed by atoms with Crippen LogP contribution in [-0.2, 0) is 4.74 Å². The number of hydrogen-bond acceptors (Lipinski definition) is 2. The van der Waals surface area contributed by atoms with Crippen LogP contribution in [0.15, 0.2) is 0 Å². The fraction of sp³-hybridized carbons (Fsp3) is 0.900. The van der Waals surface area contributed by atoms with E-state index in [1.807, 2.05) is 0 Å². The number of nitrogens with two attached hydrogens (primary N) is 1. The number of ether oxygens (including phenoxy) is 1. The van der Waals surface area contributed by atoms with Crippen molar-refractivity contribution in [3.8, 4) is 0 Å². The van der Waals surface area contributed by atoms with Gasteiger partial charge in [0.05, 0.1) is 0 Å². The van der Waals surface area contributed by atoms with Gasteiger partial charge in [-0.3, -0.25) is 0 Å². The van der Waals surface area contributed by atoms with E-state index in [2.05, 4.69) is 26.1 Å². The van der Waals surface area contributed by atoms with Crippen molar-refractivity contribution in [1.29, 1.82) is 0 Å². The fourth-order valence-corrected chi connectivity index (χ4v) is 2.02. The van der Waals surface area contributed by atoms with E-state index in [-0.39, 0.29) is 5.54 Å². The standard InChI is InChI=1S/C10H22N2OS/c1-5-8(6-7-13-4)10(2,3)12-9(11)14/h8H,5-7H2,1-4H3,(H3,11,12,14). The van der Waals surface area contributed by atoms with E-state index in [4.69, 9.17) is 22.7 Å². The molecule has 0 aromatic carbocycles. The molecule has 0 radical (unpaired) electrons. The monoisotopic (exact) mass is 218 g/mol. The molecule has 0 aromatic heterocycles. The molecule has 0 aliphatic rings. The SMILES string of the molecule is CCC(CCOC)C(C)(C)NC(N)=S. The van der Waals surface area contributed by atoms with Gasteiger partial charge in [0.1, 0.15) is 0 Å². The van der Waals surface area contributed by atoms with Gasteiger partial charge in [-0.25, -0.2) is 0 Å². The zero-order valence-electron chi connectivity index (χ0n) is 9.59. The number of methoxy groups -OCH3 is 1. The summed E-state index contributed by atoms with van der Waals surface area (Å²) in [6.07, 6.45) is 2.11. The lowest BCUT2D eigenvalue weighted by Crippen LogP contribution is -2.51. The summed E-state index contributed by atoms with van der Waals surface area (Å²) in [7, 11) is 1.72. The van der Waals surface area contributed by atoms with Gasteiger partial charge in [0.2, 0.25) is 0 Å². The van der Waals surface area contributed by atoms with Crippen LogP contribution in [-0.4, -0.2) is 24.4 Å². The maximum absolute atomic E-state index is 5.49. The number of rotatable bonds is 6. The second kappa shape index (κ2) is 6.19. The molecule has 84 valence electrons. The van der Waals surface area contributed by atoms with Crippen molar-refractivity contribution in [1.82, 2.24) is 5.32 Å². The van der Waals surface area contributed by atoms with Gasteiger partial charge < -0.3 is 15.8 Å². The molecule has 0 aliphatic carbocycles. The minimum atomic E-state index is -0.0564. The molecule has 4 heteroatoms. The Labute approximate surface area is 92.4 Å². The Morgan fingerprint density at radius 3 is 2.50 bits per heavy atom. The Morgan fingerprint density at radius 2 is 2.14 bits per heavy atom. The highest BCUT2D eigenvalue weighted by Crippen LogP contribution is 2.23. The van der Waals surface area contributed by atoms with Gasteiger partial charge in [-0.1, -0.05) is 13.3 Å². The summed E-state index contributed by atoms with van der Waals surface area (Å²) in [6, 6.07) is 0. The highest BCUT2D eigenvalue weighted by Gasteiger charge is 2.27. The van der Waals surface area contributed by atoms with Crippen LogP contribution in [0.5, 0.6) is 0 Å². The van der Waals surface area contributed by atoms with Gasteiger partial charge in [-0.2, -0.15) is 0 Å². The molecule has 0 amide bonds. The maximum Gasteiger partial charge on any atom is 0.164 e. The van der Waals surface area contributed by atoms with Gasteiger partial charge in [0.15, 0.2) is 5.11 Å². The summed E-state index contributed by atoms with van der Waals surface area (Å²) >= 11 is 4.86. The Kier molecular flexibility index (Phi) is 6.04. The summed E-state index contributed by atoms with van der Waals surface area (Å²) in [4.78, 5) is 0. The number of hydrogen-bond donors (Lipinski definition) is 2. The van der Waals surface area contributed by atoms with E-state index in [1.54, 1.807) is 7.11 Å². The summed E-state index contributed by atoms with van der Waals surface area (Å²) in [5.41, 5.74) is 5.43. The number of nitrogens with one attached hydrogen (secondary N) is 1. The summed E-state index contributed by atoms with van der Waals surface area (Å²) < 4.78 is 5.08. The molecular weight excluding hydrogens is 196 g/mol. The van der Waals surface area contributed by atoms with Crippen molar-refractivity contribution in [2.45, 2.75) is 39.2 Å². The van der Waals surface area contributed by atoms with Crippen molar-refractivity contribution >= 4 is 17.3 Å². The van der Waals surface area contributed by atoms with Crippen molar-refractivity contribution in [2.24, 2.45) is 11.7 Å². The first kappa shape index (κ1) is 13.7. The normalized spacial score (nSPS) is 13.7. The second-order valence-electron chi connectivity index (χ2n) is 4.10. The highest BCUT2D eigenvalue weighted by atomic mass is 32.1. The van der Waals surface area contributed by atoms with Crippen LogP contribution in [0.2, 0.25) is 0 Å². The molecular formula is C10H22N2OS. The van der Waals surface area contributed by atoms with Crippen molar-refractivity contribution < 1.29 is 4.74 Å². The second-order valence-corrected chi connectivity index (χ2v) is 4.54. The van der Waals surface area contributed by atoms with E-state index in [0.717, 1.165) is 19.4 Å². The molecule has 0 heterocycles. The van der Waals surface area contributed by atoms with Gasteiger partial charge in [-0.15, -0.1) is 0 Å². The first-order valence-corrected chi connectivity index (χ1v) is 5.41. The molecule has 1 unspecified atom stereocenters. The molecule has 3 nitrogen and oxygen atoms in total.